The Kier molecular flexibility index (Phi) is 8.27. The van der Waals surface area contributed by atoms with Gasteiger partial charge in [-0.2, -0.15) is 10.3 Å². The van der Waals surface area contributed by atoms with E-state index in [9.17, 15) is 4.79 Å². The number of rotatable bonds is 12. The van der Waals surface area contributed by atoms with E-state index >= 15 is 0 Å². The first-order valence-electron chi connectivity index (χ1n) is 10.5. The van der Waals surface area contributed by atoms with Gasteiger partial charge in [0.05, 0.1) is 5.69 Å². The number of anilines is 2. The Morgan fingerprint density at radius 2 is 2.09 bits per heavy atom. The van der Waals surface area contributed by atoms with Gasteiger partial charge < -0.3 is 5.11 Å². The Balaban J connectivity index is 1.84. The SMILES string of the molecule is CC(C)CNN(Nc1cccc(/C(=C\CCCC(=O)O)c2cccnc2)c1)c1nn[nH]n1. The van der Waals surface area contributed by atoms with Crippen molar-refractivity contribution in [1.29, 1.82) is 0 Å². The predicted octanol–water partition coefficient (Wildman–Crippen LogP) is 3.28. The number of nitrogens with zero attached hydrogens (tertiary/aromatic N) is 5. The molecule has 0 amide bonds. The van der Waals surface area contributed by atoms with Crippen molar-refractivity contribution in [2.24, 2.45) is 5.92 Å². The van der Waals surface area contributed by atoms with Crippen LogP contribution in [-0.4, -0.2) is 43.2 Å². The highest BCUT2D eigenvalue weighted by Gasteiger charge is 2.13. The summed E-state index contributed by atoms with van der Waals surface area (Å²) in [5.41, 5.74) is 10.3. The second-order valence-corrected chi connectivity index (χ2v) is 7.64. The van der Waals surface area contributed by atoms with Gasteiger partial charge in [0.25, 0.3) is 5.95 Å². The largest absolute Gasteiger partial charge is 0.481 e. The number of aliphatic carboxylic acids is 1. The number of hydrogen-bond acceptors (Lipinski definition) is 8. The lowest BCUT2D eigenvalue weighted by Crippen LogP contribution is -2.45. The van der Waals surface area contributed by atoms with Gasteiger partial charge in [0.2, 0.25) is 0 Å². The summed E-state index contributed by atoms with van der Waals surface area (Å²) >= 11 is 0. The highest BCUT2D eigenvalue weighted by atomic mass is 16.4. The van der Waals surface area contributed by atoms with Crippen molar-refractivity contribution in [1.82, 2.24) is 31.0 Å². The molecule has 0 fully saturated rings. The van der Waals surface area contributed by atoms with Crippen LogP contribution in [-0.2, 0) is 4.79 Å². The zero-order valence-electron chi connectivity index (χ0n) is 18.2. The lowest BCUT2D eigenvalue weighted by Gasteiger charge is -2.24. The van der Waals surface area contributed by atoms with Gasteiger partial charge in [0.15, 0.2) is 0 Å². The molecule has 10 nitrogen and oxygen atoms in total. The van der Waals surface area contributed by atoms with Crippen molar-refractivity contribution in [3.8, 4) is 0 Å². The Labute approximate surface area is 186 Å². The van der Waals surface area contributed by atoms with Crippen molar-refractivity contribution in [2.75, 3.05) is 17.1 Å². The van der Waals surface area contributed by atoms with Gasteiger partial charge in [0, 0.05) is 30.9 Å². The molecule has 1 aromatic carbocycles. The quantitative estimate of drug-likeness (QED) is 0.249. The van der Waals surface area contributed by atoms with E-state index in [4.69, 9.17) is 5.11 Å². The summed E-state index contributed by atoms with van der Waals surface area (Å²) in [6, 6.07) is 11.8. The van der Waals surface area contributed by atoms with Crippen LogP contribution in [0.15, 0.2) is 54.9 Å². The number of pyridine rings is 1. The number of aromatic amines is 1. The van der Waals surface area contributed by atoms with Crippen LogP contribution >= 0.6 is 0 Å². The van der Waals surface area contributed by atoms with Gasteiger partial charge in [-0.25, -0.2) is 5.43 Å². The van der Waals surface area contributed by atoms with E-state index in [1.165, 1.54) is 0 Å². The average molecular weight is 437 g/mol. The van der Waals surface area contributed by atoms with E-state index in [1.807, 2.05) is 36.4 Å². The first kappa shape index (κ1) is 22.9. The maximum Gasteiger partial charge on any atom is 0.303 e. The van der Waals surface area contributed by atoms with Gasteiger partial charge in [-0.3, -0.25) is 15.2 Å². The van der Waals surface area contributed by atoms with Crippen LogP contribution in [0, 0.1) is 5.92 Å². The normalized spacial score (nSPS) is 11.5. The van der Waals surface area contributed by atoms with Crippen LogP contribution in [0.1, 0.15) is 44.2 Å². The van der Waals surface area contributed by atoms with E-state index in [-0.39, 0.29) is 6.42 Å². The molecule has 0 unspecified atom stereocenters. The summed E-state index contributed by atoms with van der Waals surface area (Å²) < 4.78 is 0. The highest BCUT2D eigenvalue weighted by Crippen LogP contribution is 2.26. The Morgan fingerprint density at radius 3 is 2.78 bits per heavy atom. The van der Waals surface area contributed by atoms with Crippen LogP contribution in [0.4, 0.5) is 11.6 Å². The van der Waals surface area contributed by atoms with Gasteiger partial charge in [-0.15, -0.1) is 5.10 Å². The minimum Gasteiger partial charge on any atom is -0.481 e. The summed E-state index contributed by atoms with van der Waals surface area (Å²) in [6.07, 6.45) is 6.96. The van der Waals surface area contributed by atoms with E-state index in [0.717, 1.165) is 22.4 Å². The number of allylic oxidation sites excluding steroid dienone is 1. The number of nitrogens with one attached hydrogen (secondary N) is 3. The number of hydrazine groups is 2. The molecule has 0 aliphatic heterocycles. The third-order valence-corrected chi connectivity index (χ3v) is 4.52. The fourth-order valence-electron chi connectivity index (χ4n) is 2.99. The highest BCUT2D eigenvalue weighted by molar-refractivity contribution is 5.81. The molecule has 0 bridgehead atoms. The van der Waals surface area contributed by atoms with Crippen molar-refractivity contribution in [2.45, 2.75) is 33.1 Å². The number of benzene rings is 1. The first-order valence-corrected chi connectivity index (χ1v) is 10.5. The van der Waals surface area contributed by atoms with E-state index in [1.54, 1.807) is 17.5 Å². The maximum absolute atomic E-state index is 10.9. The van der Waals surface area contributed by atoms with Crippen LogP contribution in [0.2, 0.25) is 0 Å². The molecule has 0 saturated carbocycles. The van der Waals surface area contributed by atoms with Crippen LogP contribution in [0.5, 0.6) is 0 Å². The summed E-state index contributed by atoms with van der Waals surface area (Å²) in [5, 5.41) is 24.7. The van der Waals surface area contributed by atoms with Crippen LogP contribution in [0.25, 0.3) is 5.57 Å². The number of unbranched alkanes of at least 4 members (excludes halogenated alkanes) is 1. The summed E-state index contributed by atoms with van der Waals surface area (Å²) in [7, 11) is 0. The monoisotopic (exact) mass is 436 g/mol. The second-order valence-electron chi connectivity index (χ2n) is 7.64. The number of carbonyl (C=O) groups is 1. The molecule has 0 spiro atoms. The van der Waals surface area contributed by atoms with Crippen molar-refractivity contribution >= 4 is 23.2 Å². The Morgan fingerprint density at radius 1 is 1.25 bits per heavy atom. The fourth-order valence-corrected chi connectivity index (χ4v) is 2.99. The molecule has 3 rings (SSSR count). The predicted molar refractivity (Wildman–Crippen MR) is 122 cm³/mol. The fraction of sp³-hybridized carbons (Fsp3) is 0.318. The number of carboxylic acids is 1. The lowest BCUT2D eigenvalue weighted by atomic mass is 9.97. The molecule has 0 aliphatic rings. The molecule has 32 heavy (non-hydrogen) atoms. The zero-order chi connectivity index (χ0) is 22.8. The van der Waals surface area contributed by atoms with E-state index in [2.05, 4.69) is 56.4 Å². The average Bonchev–Trinajstić information content (AvgIpc) is 3.32. The minimum atomic E-state index is -0.789. The number of tetrazole rings is 1. The maximum atomic E-state index is 10.9. The number of hydrogen-bond donors (Lipinski definition) is 4. The molecule has 2 aromatic heterocycles. The smallest absolute Gasteiger partial charge is 0.303 e. The van der Waals surface area contributed by atoms with Crippen molar-refractivity contribution < 1.29 is 9.90 Å². The summed E-state index contributed by atoms with van der Waals surface area (Å²) in [6.45, 7) is 4.93. The summed E-state index contributed by atoms with van der Waals surface area (Å²) in [5.74, 6) is -0.000757. The molecule has 2 heterocycles. The summed E-state index contributed by atoms with van der Waals surface area (Å²) in [4.78, 5) is 15.1. The number of carboxylic acid groups (broad SMARTS) is 1. The first-order chi connectivity index (χ1) is 15.5. The third-order valence-electron chi connectivity index (χ3n) is 4.52. The molecule has 3 aromatic rings. The van der Waals surface area contributed by atoms with Gasteiger partial charge >= 0.3 is 5.97 Å². The molecule has 0 saturated heterocycles. The zero-order valence-corrected chi connectivity index (χ0v) is 18.2. The second kappa shape index (κ2) is 11.6. The topological polar surface area (TPSA) is 132 Å². The standard InChI is InChI=1S/C22H28N8O2/c1-16(2)14-24-30(22-25-28-29-26-22)27-19-9-5-7-17(13-19)20(10-3-4-11-21(31)32)18-8-6-12-23-15-18/h5-10,12-13,15-16,24,27H,3-4,11,14H2,1-2H3,(H,31,32)(H,25,26,28,29)/b20-10+. The Hall–Kier alpha value is -3.79. The third kappa shape index (κ3) is 6.88. The van der Waals surface area contributed by atoms with Gasteiger partial charge in [0.1, 0.15) is 0 Å². The minimum absolute atomic E-state index is 0.138. The molecular formula is C22H28N8O2. The van der Waals surface area contributed by atoms with E-state index in [0.29, 0.717) is 31.3 Å². The van der Waals surface area contributed by atoms with Crippen LogP contribution < -0.4 is 16.0 Å². The van der Waals surface area contributed by atoms with Gasteiger partial charge in [-0.1, -0.05) is 43.2 Å². The molecule has 0 aliphatic carbocycles. The molecule has 4 N–H and O–H groups in total. The van der Waals surface area contributed by atoms with E-state index < -0.39 is 5.97 Å². The molecule has 168 valence electrons. The lowest BCUT2D eigenvalue weighted by molar-refractivity contribution is -0.137. The van der Waals surface area contributed by atoms with Crippen LogP contribution in [0.3, 0.4) is 0 Å². The van der Waals surface area contributed by atoms with Crippen molar-refractivity contribution in [3.05, 3.63) is 66.0 Å². The molecular weight excluding hydrogens is 408 g/mol. The molecule has 10 heteroatoms. The van der Waals surface area contributed by atoms with Crippen molar-refractivity contribution in [3.63, 3.8) is 0 Å². The number of aromatic nitrogens is 5. The number of H-pyrrole nitrogens is 1. The Bertz CT molecular complexity index is 1010. The molecule has 0 atom stereocenters. The van der Waals surface area contributed by atoms with Gasteiger partial charge in [-0.05, 0) is 53.3 Å². The molecule has 0 radical (unpaired) electrons.